The number of likely N-dealkylation sites (tertiary alicyclic amines) is 1. The van der Waals surface area contributed by atoms with Crippen LogP contribution in [0.25, 0.3) is 0 Å². The number of aryl methyl sites for hydroxylation is 1. The second-order valence-corrected chi connectivity index (χ2v) is 8.92. The van der Waals surface area contributed by atoms with Gasteiger partial charge in [-0.1, -0.05) is 12.8 Å². The number of hydrogen-bond donors (Lipinski definition) is 3. The Balaban J connectivity index is 1.35. The lowest BCUT2D eigenvalue weighted by molar-refractivity contribution is 0.0685. The maximum Gasteiger partial charge on any atom is 0.267 e. The van der Waals surface area contributed by atoms with E-state index in [0.717, 1.165) is 63.0 Å². The molecule has 1 fully saturated rings. The van der Waals surface area contributed by atoms with Crippen molar-refractivity contribution in [2.45, 2.75) is 45.6 Å². The maximum atomic E-state index is 12.9. The van der Waals surface area contributed by atoms with Crippen LogP contribution in [-0.4, -0.2) is 62.6 Å². The lowest BCUT2D eigenvalue weighted by Crippen LogP contribution is -2.38. The molecule has 0 spiro atoms. The first-order chi connectivity index (χ1) is 16.5. The van der Waals surface area contributed by atoms with Crippen molar-refractivity contribution in [1.82, 2.24) is 20.5 Å². The van der Waals surface area contributed by atoms with Crippen molar-refractivity contribution >= 4 is 11.8 Å². The molecule has 3 N–H and O–H groups in total. The van der Waals surface area contributed by atoms with Crippen LogP contribution < -0.4 is 20.1 Å². The Morgan fingerprint density at radius 1 is 1.09 bits per heavy atom. The Morgan fingerprint density at radius 2 is 1.82 bits per heavy atom. The molecule has 1 aromatic heterocycles. The van der Waals surface area contributed by atoms with E-state index in [-0.39, 0.29) is 11.8 Å². The molecule has 2 aromatic rings. The van der Waals surface area contributed by atoms with Gasteiger partial charge in [0.05, 0.1) is 14.2 Å². The summed E-state index contributed by atoms with van der Waals surface area (Å²) in [6.07, 6.45) is 5.19. The summed E-state index contributed by atoms with van der Waals surface area (Å²) in [4.78, 5) is 30.3. The normalized spacial score (nSPS) is 14.2. The molecule has 0 atom stereocenters. The summed E-state index contributed by atoms with van der Waals surface area (Å²) < 4.78 is 10.6. The Bertz CT molecular complexity index is 964. The Kier molecular flexibility index (Phi) is 9.39. The van der Waals surface area contributed by atoms with Gasteiger partial charge in [-0.05, 0) is 69.0 Å². The molecule has 1 aliphatic rings. The number of carbonyl (C=O) groups is 2. The van der Waals surface area contributed by atoms with Crippen LogP contribution in [0.15, 0.2) is 24.3 Å². The van der Waals surface area contributed by atoms with Gasteiger partial charge < -0.3 is 30.0 Å². The zero-order valence-electron chi connectivity index (χ0n) is 20.8. The van der Waals surface area contributed by atoms with Crippen molar-refractivity contribution < 1.29 is 19.1 Å². The molecular formula is C26H38N4O4. The molecule has 186 valence electrons. The van der Waals surface area contributed by atoms with Crippen LogP contribution in [0.3, 0.4) is 0 Å². The van der Waals surface area contributed by atoms with Crippen molar-refractivity contribution in [3.05, 3.63) is 46.8 Å². The van der Waals surface area contributed by atoms with Crippen LogP contribution in [0.5, 0.6) is 11.5 Å². The zero-order chi connectivity index (χ0) is 24.5. The third-order valence-electron chi connectivity index (χ3n) is 6.59. The second kappa shape index (κ2) is 12.5. The van der Waals surface area contributed by atoms with Gasteiger partial charge >= 0.3 is 0 Å². The molecule has 2 amide bonds. The molecule has 0 bridgehead atoms. The molecule has 1 aromatic carbocycles. The van der Waals surface area contributed by atoms with Gasteiger partial charge in [-0.2, -0.15) is 0 Å². The predicted molar refractivity (Wildman–Crippen MR) is 133 cm³/mol. The maximum absolute atomic E-state index is 12.9. The number of hydrogen-bond acceptors (Lipinski definition) is 5. The lowest BCUT2D eigenvalue weighted by Gasteiger charge is -2.32. The fraction of sp³-hybridized carbons (Fsp3) is 0.538. The minimum Gasteiger partial charge on any atom is -0.493 e. The number of H-pyrrole nitrogens is 1. The molecule has 8 nitrogen and oxygen atoms in total. The van der Waals surface area contributed by atoms with Crippen molar-refractivity contribution in [1.29, 1.82) is 0 Å². The number of methoxy groups -OCH3 is 2. The minimum atomic E-state index is -0.0487. The second-order valence-electron chi connectivity index (χ2n) is 8.92. The molecule has 0 unspecified atom stereocenters. The van der Waals surface area contributed by atoms with E-state index >= 15 is 0 Å². The van der Waals surface area contributed by atoms with Crippen molar-refractivity contribution in [2.75, 3.05) is 40.9 Å². The standard InChI is InChI=1S/C26H38N4O4/c1-18-21(17-27-2)15-22(29-18)25(31)28-12-6-5-7-19-10-13-30(14-11-19)26(32)20-8-9-23(33-3)24(16-20)34-4/h8-9,15-16,19,27,29H,5-7,10-14,17H2,1-4H3,(H,28,31). The molecule has 0 saturated carbocycles. The summed E-state index contributed by atoms with van der Waals surface area (Å²) in [5.41, 5.74) is 3.38. The Hall–Kier alpha value is -3.00. The molecule has 0 radical (unpaired) electrons. The Labute approximate surface area is 202 Å². The molecule has 3 rings (SSSR count). The van der Waals surface area contributed by atoms with E-state index in [1.807, 2.05) is 24.9 Å². The fourth-order valence-electron chi connectivity index (χ4n) is 4.53. The summed E-state index contributed by atoms with van der Waals surface area (Å²) in [6.45, 7) is 4.95. The third-order valence-corrected chi connectivity index (χ3v) is 6.59. The van der Waals surface area contributed by atoms with Gasteiger partial charge in [0.1, 0.15) is 5.69 Å². The zero-order valence-corrected chi connectivity index (χ0v) is 20.8. The number of aromatic amines is 1. The molecule has 1 aliphatic heterocycles. The highest BCUT2D eigenvalue weighted by Crippen LogP contribution is 2.29. The molecular weight excluding hydrogens is 432 g/mol. The van der Waals surface area contributed by atoms with Crippen LogP contribution in [0.2, 0.25) is 0 Å². The summed E-state index contributed by atoms with van der Waals surface area (Å²) in [5, 5.41) is 6.13. The fourth-order valence-corrected chi connectivity index (χ4v) is 4.53. The van der Waals surface area contributed by atoms with Gasteiger partial charge in [0.15, 0.2) is 11.5 Å². The average Bonchev–Trinajstić information content (AvgIpc) is 3.23. The van der Waals surface area contributed by atoms with Gasteiger partial charge in [0.25, 0.3) is 11.8 Å². The molecule has 1 saturated heterocycles. The van der Waals surface area contributed by atoms with Crippen LogP contribution in [0.4, 0.5) is 0 Å². The highest BCUT2D eigenvalue weighted by molar-refractivity contribution is 5.95. The van der Waals surface area contributed by atoms with Crippen LogP contribution >= 0.6 is 0 Å². The van der Waals surface area contributed by atoms with E-state index in [1.165, 1.54) is 0 Å². The van der Waals surface area contributed by atoms with Crippen molar-refractivity contribution in [2.24, 2.45) is 5.92 Å². The number of aromatic nitrogens is 1. The average molecular weight is 471 g/mol. The van der Waals surface area contributed by atoms with Gasteiger partial charge in [0, 0.05) is 37.4 Å². The van der Waals surface area contributed by atoms with Gasteiger partial charge in [-0.15, -0.1) is 0 Å². The quantitative estimate of drug-likeness (QED) is 0.437. The van der Waals surface area contributed by atoms with Crippen LogP contribution in [0, 0.1) is 12.8 Å². The third kappa shape index (κ3) is 6.53. The number of carbonyl (C=O) groups excluding carboxylic acids is 2. The molecule has 2 heterocycles. The lowest BCUT2D eigenvalue weighted by atomic mass is 9.91. The SMILES string of the molecule is CNCc1cc(C(=O)NCCCCC2CCN(C(=O)c3ccc(OC)c(OC)c3)CC2)[nH]c1C. The summed E-state index contributed by atoms with van der Waals surface area (Å²) in [7, 11) is 5.05. The van der Waals surface area contributed by atoms with Gasteiger partial charge in [0.2, 0.25) is 0 Å². The number of ether oxygens (including phenoxy) is 2. The predicted octanol–water partition coefficient (Wildman–Crippen LogP) is 3.51. The van der Waals surface area contributed by atoms with E-state index < -0.39 is 0 Å². The highest BCUT2D eigenvalue weighted by atomic mass is 16.5. The number of unbranched alkanes of at least 4 members (excludes halogenated alkanes) is 1. The number of rotatable bonds is 11. The van der Waals surface area contributed by atoms with Gasteiger partial charge in [-0.25, -0.2) is 0 Å². The van der Waals surface area contributed by atoms with E-state index in [0.29, 0.717) is 35.2 Å². The van der Waals surface area contributed by atoms with Gasteiger partial charge in [-0.3, -0.25) is 9.59 Å². The molecule has 8 heteroatoms. The van der Waals surface area contributed by atoms with Crippen LogP contribution in [-0.2, 0) is 6.54 Å². The number of piperidine rings is 1. The minimum absolute atomic E-state index is 0.0412. The van der Waals surface area contributed by atoms with E-state index in [1.54, 1.807) is 32.4 Å². The smallest absolute Gasteiger partial charge is 0.267 e. The topological polar surface area (TPSA) is 95.7 Å². The summed E-state index contributed by atoms with van der Waals surface area (Å²) in [5.74, 6) is 1.81. The molecule has 0 aliphatic carbocycles. The van der Waals surface area contributed by atoms with Crippen molar-refractivity contribution in [3.63, 3.8) is 0 Å². The Morgan fingerprint density at radius 3 is 2.50 bits per heavy atom. The summed E-state index contributed by atoms with van der Waals surface area (Å²) >= 11 is 0. The number of amides is 2. The first-order valence-electron chi connectivity index (χ1n) is 12.1. The monoisotopic (exact) mass is 470 g/mol. The van der Waals surface area contributed by atoms with Crippen LogP contribution in [0.1, 0.15) is 64.2 Å². The molecule has 34 heavy (non-hydrogen) atoms. The first-order valence-corrected chi connectivity index (χ1v) is 12.1. The first kappa shape index (κ1) is 25.6. The summed E-state index contributed by atoms with van der Waals surface area (Å²) in [6, 6.07) is 7.23. The van der Waals surface area contributed by atoms with E-state index in [4.69, 9.17) is 9.47 Å². The number of benzene rings is 1. The number of nitrogens with one attached hydrogen (secondary N) is 3. The van der Waals surface area contributed by atoms with E-state index in [2.05, 4.69) is 15.6 Å². The number of nitrogens with zero attached hydrogens (tertiary/aromatic N) is 1. The largest absolute Gasteiger partial charge is 0.493 e. The van der Waals surface area contributed by atoms with E-state index in [9.17, 15) is 9.59 Å². The highest BCUT2D eigenvalue weighted by Gasteiger charge is 2.24. The van der Waals surface area contributed by atoms with Crippen molar-refractivity contribution in [3.8, 4) is 11.5 Å².